The molecule has 35 heavy (non-hydrogen) atoms. The van der Waals surface area contributed by atoms with Crippen LogP contribution >= 0.6 is 11.6 Å². The first-order valence-corrected chi connectivity index (χ1v) is 10.7. The van der Waals surface area contributed by atoms with E-state index >= 15 is 4.39 Å². The number of carbonyl (C=O) groups is 2. The van der Waals surface area contributed by atoms with Gasteiger partial charge in [-0.15, -0.1) is 0 Å². The summed E-state index contributed by atoms with van der Waals surface area (Å²) in [6, 6.07) is 15.0. The zero-order valence-corrected chi connectivity index (χ0v) is 19.3. The van der Waals surface area contributed by atoms with Crippen LogP contribution in [0.4, 0.5) is 10.1 Å². The minimum absolute atomic E-state index is 0.00231. The first-order chi connectivity index (χ1) is 16.8. The molecule has 1 fully saturated rings. The second kappa shape index (κ2) is 9.49. The quantitative estimate of drug-likeness (QED) is 0.306. The van der Waals surface area contributed by atoms with Gasteiger partial charge in [0, 0.05) is 17.3 Å². The Morgan fingerprint density at radius 2 is 1.71 bits per heavy atom. The molecule has 1 saturated heterocycles. The summed E-state index contributed by atoms with van der Waals surface area (Å²) in [5.74, 6) is -2.94. The van der Waals surface area contributed by atoms with Crippen molar-refractivity contribution in [2.45, 2.75) is 6.04 Å². The number of halogens is 2. The van der Waals surface area contributed by atoms with Crippen molar-refractivity contribution >= 4 is 34.7 Å². The van der Waals surface area contributed by atoms with Crippen molar-refractivity contribution in [1.82, 2.24) is 0 Å². The van der Waals surface area contributed by atoms with Gasteiger partial charge >= 0.3 is 0 Å². The molecule has 3 aromatic carbocycles. The summed E-state index contributed by atoms with van der Waals surface area (Å²) >= 11 is 6.17. The maximum atomic E-state index is 15.0. The Balaban J connectivity index is 2.01. The number of hydrogen-bond donors (Lipinski definition) is 1. The van der Waals surface area contributed by atoms with Crippen LogP contribution in [0.1, 0.15) is 22.7 Å². The first kappa shape index (κ1) is 23.8. The molecule has 9 heteroatoms. The van der Waals surface area contributed by atoms with E-state index in [1.807, 2.05) is 6.07 Å². The third-order valence-electron chi connectivity index (χ3n) is 5.65. The summed E-state index contributed by atoms with van der Waals surface area (Å²) in [6.07, 6.45) is 0. The van der Waals surface area contributed by atoms with E-state index in [0.717, 1.165) is 4.90 Å². The van der Waals surface area contributed by atoms with Crippen LogP contribution in [-0.4, -0.2) is 31.0 Å². The summed E-state index contributed by atoms with van der Waals surface area (Å²) in [5.41, 5.74) is 0.280. The third-order valence-corrected chi connectivity index (χ3v) is 5.94. The molecule has 0 spiro atoms. The lowest BCUT2D eigenvalue weighted by Gasteiger charge is -2.26. The van der Waals surface area contributed by atoms with Crippen molar-refractivity contribution in [2.24, 2.45) is 0 Å². The summed E-state index contributed by atoms with van der Waals surface area (Å²) in [7, 11) is 2.72. The van der Waals surface area contributed by atoms with Crippen molar-refractivity contribution < 1.29 is 28.6 Å². The lowest BCUT2D eigenvalue weighted by Crippen LogP contribution is -2.29. The number of ether oxygens (including phenoxy) is 2. The fraction of sp³-hybridized carbons (Fsp3) is 0.115. The molecule has 1 heterocycles. The molecule has 1 aliphatic heterocycles. The molecule has 1 amide bonds. The van der Waals surface area contributed by atoms with Gasteiger partial charge in [0.15, 0.2) is 0 Å². The number of ketones is 1. The smallest absolute Gasteiger partial charge is 0.300 e. The number of Topliss-reactive ketones (excluding diaryl/α,β-unsaturated/α-hetero) is 1. The molecule has 0 aliphatic carbocycles. The van der Waals surface area contributed by atoms with Crippen LogP contribution in [-0.2, 0) is 9.59 Å². The van der Waals surface area contributed by atoms with Crippen molar-refractivity contribution in [3.8, 4) is 17.6 Å². The van der Waals surface area contributed by atoms with Gasteiger partial charge in [0.25, 0.3) is 11.7 Å². The Morgan fingerprint density at radius 3 is 2.31 bits per heavy atom. The largest absolute Gasteiger partial charge is 0.507 e. The Bertz CT molecular complexity index is 1410. The van der Waals surface area contributed by atoms with Crippen LogP contribution in [0.2, 0.25) is 5.02 Å². The number of anilines is 1. The number of benzene rings is 3. The third kappa shape index (κ3) is 4.07. The Morgan fingerprint density at radius 1 is 1.06 bits per heavy atom. The molecular weight excluding hydrogens is 475 g/mol. The maximum Gasteiger partial charge on any atom is 0.300 e. The maximum absolute atomic E-state index is 15.0. The normalized spacial score (nSPS) is 16.8. The zero-order chi connectivity index (χ0) is 25.3. The minimum atomic E-state index is -1.30. The predicted molar refractivity (Wildman–Crippen MR) is 127 cm³/mol. The number of methoxy groups -OCH3 is 2. The standard InChI is InChI=1S/C26H18ClFN2O5/c1-34-20-12-18(27)21(35-2)11-17(20)24(31)22-23(16-5-3-4-6-19(16)28)30(26(33)25(22)32)15-9-7-14(13-29)8-10-15/h3-12,23,31H,1-2H3/b24-22+. The Hall–Kier alpha value is -4.35. The topological polar surface area (TPSA) is 99.9 Å². The lowest BCUT2D eigenvalue weighted by atomic mass is 9.94. The average Bonchev–Trinajstić information content (AvgIpc) is 3.13. The number of nitrogens with zero attached hydrogens (tertiary/aromatic N) is 2. The van der Waals surface area contributed by atoms with Crippen LogP contribution in [0.5, 0.6) is 11.5 Å². The first-order valence-electron chi connectivity index (χ1n) is 10.3. The lowest BCUT2D eigenvalue weighted by molar-refractivity contribution is -0.132. The van der Waals surface area contributed by atoms with Crippen LogP contribution in [0.15, 0.2) is 66.2 Å². The number of nitriles is 1. The van der Waals surface area contributed by atoms with Gasteiger partial charge in [0.05, 0.1) is 48.1 Å². The molecule has 176 valence electrons. The SMILES string of the molecule is COc1cc(/C(O)=C2\C(=O)C(=O)N(c3ccc(C#N)cc3)C2c2ccccc2F)c(OC)cc1Cl. The van der Waals surface area contributed by atoms with Crippen LogP contribution in [0.3, 0.4) is 0 Å². The highest BCUT2D eigenvalue weighted by Gasteiger charge is 2.48. The second-order valence-electron chi connectivity index (χ2n) is 7.54. The fourth-order valence-electron chi connectivity index (χ4n) is 3.98. The van der Waals surface area contributed by atoms with Crippen molar-refractivity contribution in [2.75, 3.05) is 19.1 Å². The van der Waals surface area contributed by atoms with Crippen LogP contribution in [0, 0.1) is 17.1 Å². The highest BCUT2D eigenvalue weighted by atomic mass is 35.5. The Labute approximate surface area is 205 Å². The minimum Gasteiger partial charge on any atom is -0.507 e. The fourth-order valence-corrected chi connectivity index (χ4v) is 4.21. The van der Waals surface area contributed by atoms with E-state index in [2.05, 4.69) is 0 Å². The molecule has 4 rings (SSSR count). The molecular formula is C26H18ClFN2O5. The van der Waals surface area contributed by atoms with E-state index in [1.165, 1.54) is 68.8 Å². The van der Waals surface area contributed by atoms with Gasteiger partial charge < -0.3 is 14.6 Å². The number of hydrogen-bond acceptors (Lipinski definition) is 6. The number of rotatable bonds is 5. The van der Waals surface area contributed by atoms with Crippen molar-refractivity contribution in [1.29, 1.82) is 5.26 Å². The molecule has 0 aromatic heterocycles. The Kier molecular flexibility index (Phi) is 6.45. The van der Waals surface area contributed by atoms with E-state index in [4.69, 9.17) is 26.3 Å². The summed E-state index contributed by atoms with van der Waals surface area (Å²) < 4.78 is 25.5. The van der Waals surface area contributed by atoms with Gasteiger partial charge in [-0.2, -0.15) is 5.26 Å². The van der Waals surface area contributed by atoms with E-state index in [-0.39, 0.29) is 38.9 Å². The summed E-state index contributed by atoms with van der Waals surface area (Å²) in [5, 5.41) is 20.6. The van der Waals surface area contributed by atoms with Crippen LogP contribution in [0.25, 0.3) is 5.76 Å². The molecule has 1 unspecified atom stereocenters. The molecule has 1 atom stereocenters. The number of aliphatic hydroxyl groups is 1. The molecule has 0 saturated carbocycles. The van der Waals surface area contributed by atoms with Crippen LogP contribution < -0.4 is 14.4 Å². The van der Waals surface area contributed by atoms with E-state index < -0.39 is 29.3 Å². The predicted octanol–water partition coefficient (Wildman–Crippen LogP) is 4.99. The van der Waals surface area contributed by atoms with Crippen molar-refractivity contribution in [3.05, 3.63) is 93.8 Å². The van der Waals surface area contributed by atoms with Gasteiger partial charge in [0.1, 0.15) is 23.1 Å². The van der Waals surface area contributed by atoms with Gasteiger partial charge in [-0.25, -0.2) is 4.39 Å². The highest BCUT2D eigenvalue weighted by molar-refractivity contribution is 6.51. The van der Waals surface area contributed by atoms with E-state index in [1.54, 1.807) is 6.07 Å². The highest BCUT2D eigenvalue weighted by Crippen LogP contribution is 2.45. The molecule has 1 aliphatic rings. The molecule has 0 radical (unpaired) electrons. The number of amides is 1. The average molecular weight is 493 g/mol. The second-order valence-corrected chi connectivity index (χ2v) is 7.94. The van der Waals surface area contributed by atoms with Gasteiger partial charge in [-0.1, -0.05) is 29.8 Å². The zero-order valence-electron chi connectivity index (χ0n) is 18.6. The molecule has 0 bridgehead atoms. The number of carbonyl (C=O) groups excluding carboxylic acids is 2. The molecule has 1 N–H and O–H groups in total. The molecule has 7 nitrogen and oxygen atoms in total. The molecule has 3 aromatic rings. The van der Waals surface area contributed by atoms with Crippen molar-refractivity contribution in [3.63, 3.8) is 0 Å². The monoisotopic (exact) mass is 492 g/mol. The summed E-state index contributed by atoms with van der Waals surface area (Å²) in [4.78, 5) is 27.6. The van der Waals surface area contributed by atoms with Gasteiger partial charge in [-0.3, -0.25) is 14.5 Å². The van der Waals surface area contributed by atoms with Gasteiger partial charge in [-0.05, 0) is 36.4 Å². The van der Waals surface area contributed by atoms with E-state index in [9.17, 15) is 14.7 Å². The van der Waals surface area contributed by atoms with E-state index in [0.29, 0.717) is 5.56 Å². The van der Waals surface area contributed by atoms with Gasteiger partial charge in [0.2, 0.25) is 0 Å². The summed E-state index contributed by atoms with van der Waals surface area (Å²) in [6.45, 7) is 0. The number of aliphatic hydroxyl groups excluding tert-OH is 1.